The molecule has 0 bridgehead atoms. The van der Waals surface area contributed by atoms with Gasteiger partial charge in [-0.15, -0.1) is 0 Å². The summed E-state index contributed by atoms with van der Waals surface area (Å²) >= 11 is 5.44. The Balaban J connectivity index is 2.15. The number of nitrogens with zero attached hydrogens (tertiary/aromatic N) is 1. The van der Waals surface area contributed by atoms with Crippen LogP contribution in [0.1, 0.15) is 23.2 Å². The Labute approximate surface area is 126 Å². The predicted octanol–water partition coefficient (Wildman–Crippen LogP) is 3.93. The highest BCUT2D eigenvalue weighted by Gasteiger charge is 2.36. The first kappa shape index (κ1) is 14.2. The predicted molar refractivity (Wildman–Crippen MR) is 76.9 cm³/mol. The average molecular weight is 430 g/mol. The first-order chi connectivity index (χ1) is 8.41. The Morgan fingerprint density at radius 3 is 2.56 bits per heavy atom. The molecule has 0 radical (unpaired) electrons. The summed E-state index contributed by atoms with van der Waals surface area (Å²) in [6, 6.07) is 5.35. The molecule has 1 aromatic rings. The van der Waals surface area contributed by atoms with Gasteiger partial charge in [0.1, 0.15) is 0 Å². The van der Waals surface area contributed by atoms with Crippen LogP contribution in [0.3, 0.4) is 0 Å². The van der Waals surface area contributed by atoms with Gasteiger partial charge in [-0.1, -0.05) is 6.07 Å². The van der Waals surface area contributed by atoms with Crippen LogP contribution in [0.15, 0.2) is 22.7 Å². The molecular weight excluding hydrogens is 419 g/mol. The molecule has 2 nitrogen and oxygen atoms in total. The van der Waals surface area contributed by atoms with E-state index >= 15 is 0 Å². The number of alkyl halides is 2. The fraction of sp³-hybridized carbons (Fsp3) is 0.417. The molecule has 0 N–H and O–H groups in total. The van der Waals surface area contributed by atoms with Crippen molar-refractivity contribution >= 4 is 44.4 Å². The summed E-state index contributed by atoms with van der Waals surface area (Å²) in [6.07, 6.45) is -0.493. The number of rotatable bonds is 1. The molecule has 98 valence electrons. The van der Waals surface area contributed by atoms with Gasteiger partial charge in [0.15, 0.2) is 0 Å². The normalized spacial score (nSPS) is 18.8. The zero-order valence-electron chi connectivity index (χ0n) is 9.43. The van der Waals surface area contributed by atoms with Gasteiger partial charge in [-0.3, -0.25) is 4.79 Å². The van der Waals surface area contributed by atoms with Gasteiger partial charge < -0.3 is 4.90 Å². The van der Waals surface area contributed by atoms with Crippen LogP contribution in [0.2, 0.25) is 0 Å². The second kappa shape index (κ2) is 5.40. The topological polar surface area (TPSA) is 20.3 Å². The van der Waals surface area contributed by atoms with Crippen LogP contribution in [0.5, 0.6) is 0 Å². The van der Waals surface area contributed by atoms with E-state index in [-0.39, 0.29) is 31.8 Å². The molecule has 1 saturated heterocycles. The van der Waals surface area contributed by atoms with Gasteiger partial charge >= 0.3 is 0 Å². The summed E-state index contributed by atoms with van der Waals surface area (Å²) in [5, 5.41) is 0. The maximum atomic E-state index is 13.0. The molecule has 0 aliphatic carbocycles. The van der Waals surface area contributed by atoms with Gasteiger partial charge in [0.2, 0.25) is 0 Å². The molecule has 2 rings (SSSR count). The third kappa shape index (κ3) is 3.01. The molecule has 1 fully saturated rings. The van der Waals surface area contributed by atoms with Crippen LogP contribution in [-0.4, -0.2) is 29.8 Å². The number of benzene rings is 1. The molecule has 0 unspecified atom stereocenters. The van der Waals surface area contributed by atoms with Crippen molar-refractivity contribution in [2.75, 3.05) is 13.1 Å². The number of likely N-dealkylation sites (tertiary alicyclic amines) is 1. The van der Waals surface area contributed by atoms with E-state index in [9.17, 15) is 13.6 Å². The van der Waals surface area contributed by atoms with Crippen molar-refractivity contribution in [3.05, 3.63) is 31.8 Å². The van der Waals surface area contributed by atoms with Crippen LogP contribution < -0.4 is 0 Å². The number of carbonyl (C=O) groups is 1. The Kier molecular flexibility index (Phi) is 4.25. The highest BCUT2D eigenvalue weighted by atomic mass is 127. The minimum atomic E-state index is -2.62. The Bertz CT molecular complexity index is 471. The zero-order valence-corrected chi connectivity index (χ0v) is 13.2. The lowest BCUT2D eigenvalue weighted by Gasteiger charge is -2.32. The lowest BCUT2D eigenvalue weighted by molar-refractivity contribution is -0.0494. The van der Waals surface area contributed by atoms with E-state index in [1.54, 1.807) is 12.1 Å². The first-order valence-corrected chi connectivity index (χ1v) is 7.39. The maximum Gasteiger partial charge on any atom is 0.254 e. The van der Waals surface area contributed by atoms with E-state index in [0.717, 1.165) is 8.04 Å². The summed E-state index contributed by atoms with van der Waals surface area (Å²) in [4.78, 5) is 13.7. The van der Waals surface area contributed by atoms with E-state index in [0.29, 0.717) is 5.56 Å². The van der Waals surface area contributed by atoms with Crippen molar-refractivity contribution in [2.24, 2.45) is 0 Å². The molecule has 1 aliphatic rings. The number of carbonyl (C=O) groups excluding carboxylic acids is 1. The van der Waals surface area contributed by atoms with Gasteiger partial charge in [0.25, 0.3) is 11.8 Å². The fourth-order valence-electron chi connectivity index (χ4n) is 1.88. The second-order valence-electron chi connectivity index (χ2n) is 4.25. The van der Waals surface area contributed by atoms with Crippen molar-refractivity contribution in [3.8, 4) is 0 Å². The summed E-state index contributed by atoms with van der Waals surface area (Å²) in [6.45, 7) is 0.239. The number of halogens is 4. The van der Waals surface area contributed by atoms with Crippen molar-refractivity contribution < 1.29 is 13.6 Å². The highest BCUT2D eigenvalue weighted by Crippen LogP contribution is 2.30. The molecule has 0 aromatic heterocycles. The van der Waals surface area contributed by atoms with Gasteiger partial charge in [0, 0.05) is 34.0 Å². The molecule has 6 heteroatoms. The van der Waals surface area contributed by atoms with Crippen LogP contribution in [-0.2, 0) is 0 Å². The van der Waals surface area contributed by atoms with Crippen LogP contribution in [0.25, 0.3) is 0 Å². The lowest BCUT2D eigenvalue weighted by Crippen LogP contribution is -2.42. The van der Waals surface area contributed by atoms with E-state index < -0.39 is 5.92 Å². The molecule has 0 saturated carbocycles. The van der Waals surface area contributed by atoms with E-state index in [1.165, 1.54) is 4.90 Å². The van der Waals surface area contributed by atoms with Crippen molar-refractivity contribution in [1.82, 2.24) is 4.90 Å². The quantitative estimate of drug-likeness (QED) is 0.619. The number of piperidine rings is 1. The molecule has 1 heterocycles. The minimum absolute atomic E-state index is 0.119. The molecule has 18 heavy (non-hydrogen) atoms. The standard InChI is InChI=1S/C12H11BrF2INO/c13-9-3-1-2-8(10(9)16)11(18)17-6-4-12(14,15)5-7-17/h1-3H,4-7H2. The van der Waals surface area contributed by atoms with Crippen LogP contribution in [0.4, 0.5) is 8.78 Å². The maximum absolute atomic E-state index is 13.0. The second-order valence-corrected chi connectivity index (χ2v) is 6.18. The lowest BCUT2D eigenvalue weighted by atomic mass is 10.1. The first-order valence-electron chi connectivity index (χ1n) is 5.52. The Hall–Kier alpha value is -0.240. The van der Waals surface area contributed by atoms with Gasteiger partial charge in [-0.25, -0.2) is 8.78 Å². The van der Waals surface area contributed by atoms with Gasteiger partial charge in [-0.2, -0.15) is 0 Å². The fourth-order valence-corrected chi connectivity index (χ4v) is 2.83. The van der Waals surface area contributed by atoms with E-state index in [1.807, 2.05) is 6.07 Å². The summed E-state index contributed by atoms with van der Waals surface area (Å²) in [7, 11) is 0. The number of hydrogen-bond donors (Lipinski definition) is 0. The highest BCUT2D eigenvalue weighted by molar-refractivity contribution is 14.1. The summed E-state index contributed by atoms with van der Waals surface area (Å²) < 4.78 is 27.7. The SMILES string of the molecule is O=C(c1cccc(Br)c1I)N1CCC(F)(F)CC1. The van der Waals surface area contributed by atoms with Crippen LogP contribution >= 0.6 is 38.5 Å². The average Bonchev–Trinajstić information content (AvgIpc) is 2.32. The smallest absolute Gasteiger partial charge is 0.254 e. The number of amides is 1. The third-order valence-electron chi connectivity index (χ3n) is 2.96. The Morgan fingerprint density at radius 1 is 1.33 bits per heavy atom. The summed E-state index contributed by atoms with van der Waals surface area (Å²) in [5.74, 6) is -2.79. The van der Waals surface area contributed by atoms with E-state index in [4.69, 9.17) is 0 Å². The monoisotopic (exact) mass is 429 g/mol. The van der Waals surface area contributed by atoms with Gasteiger partial charge in [-0.05, 0) is 50.7 Å². The van der Waals surface area contributed by atoms with Crippen molar-refractivity contribution in [1.29, 1.82) is 0 Å². The molecular formula is C12H11BrF2INO. The largest absolute Gasteiger partial charge is 0.338 e. The molecule has 1 aliphatic heterocycles. The van der Waals surface area contributed by atoms with Crippen LogP contribution in [0, 0.1) is 3.57 Å². The third-order valence-corrected chi connectivity index (χ3v) is 5.53. The van der Waals surface area contributed by atoms with Crippen molar-refractivity contribution in [2.45, 2.75) is 18.8 Å². The summed E-state index contributed by atoms with van der Waals surface area (Å²) in [5.41, 5.74) is 0.565. The van der Waals surface area contributed by atoms with Crippen molar-refractivity contribution in [3.63, 3.8) is 0 Å². The zero-order chi connectivity index (χ0) is 13.3. The molecule has 0 spiro atoms. The molecule has 0 atom stereocenters. The van der Waals surface area contributed by atoms with Gasteiger partial charge in [0.05, 0.1) is 5.56 Å². The minimum Gasteiger partial charge on any atom is -0.338 e. The number of hydrogen-bond acceptors (Lipinski definition) is 1. The molecule has 1 amide bonds. The Morgan fingerprint density at radius 2 is 1.94 bits per heavy atom. The molecule has 1 aromatic carbocycles. The van der Waals surface area contributed by atoms with E-state index in [2.05, 4.69) is 38.5 Å².